The fourth-order valence-electron chi connectivity index (χ4n) is 2.65. The van der Waals surface area contributed by atoms with Crippen molar-refractivity contribution in [3.63, 3.8) is 0 Å². The van der Waals surface area contributed by atoms with E-state index in [2.05, 4.69) is 23.9 Å². The highest BCUT2D eigenvalue weighted by atomic mass is 32.2. The van der Waals surface area contributed by atoms with Gasteiger partial charge in [-0.2, -0.15) is 0 Å². The third-order valence-electron chi connectivity index (χ3n) is 3.82. The molecule has 4 N–H and O–H groups in total. The molecule has 1 aromatic rings. The van der Waals surface area contributed by atoms with Gasteiger partial charge in [-0.15, -0.1) is 0 Å². The Morgan fingerprint density at radius 3 is 2.65 bits per heavy atom. The number of rotatable bonds is 3. The quantitative estimate of drug-likeness (QED) is 0.790. The monoisotopic (exact) mass is 298 g/mol. The largest absolute Gasteiger partial charge is 0.396 e. The Morgan fingerprint density at radius 1 is 1.35 bits per heavy atom. The summed E-state index contributed by atoms with van der Waals surface area (Å²) in [7, 11) is 0.321. The van der Waals surface area contributed by atoms with Crippen LogP contribution in [0, 0.1) is 0 Å². The molecule has 0 saturated carbocycles. The van der Waals surface area contributed by atoms with Gasteiger partial charge < -0.3 is 15.5 Å². The Labute approximate surface area is 120 Å². The average Bonchev–Trinajstić information content (AvgIpc) is 2.37. The van der Waals surface area contributed by atoms with Gasteiger partial charge >= 0.3 is 0 Å². The number of likely N-dealkylation sites (N-methyl/N-ethyl adjacent to an activating group) is 1. The molecule has 0 bridgehead atoms. The average molecular weight is 298 g/mol. The summed E-state index contributed by atoms with van der Waals surface area (Å²) in [5.74, 6) is 0. The lowest BCUT2D eigenvalue weighted by Crippen LogP contribution is -2.45. The highest BCUT2D eigenvalue weighted by Crippen LogP contribution is 2.31. The van der Waals surface area contributed by atoms with Crippen LogP contribution in [0.1, 0.15) is 12.8 Å². The minimum atomic E-state index is -3.79. The number of hydrogen-bond acceptors (Lipinski definition) is 5. The Hall–Kier alpha value is -1.31. The smallest absolute Gasteiger partial charge is 0.240 e. The van der Waals surface area contributed by atoms with Crippen LogP contribution in [0.2, 0.25) is 0 Å². The number of nitrogens with two attached hydrogens (primary N) is 2. The van der Waals surface area contributed by atoms with Crippen LogP contribution in [-0.4, -0.2) is 46.5 Å². The summed E-state index contributed by atoms with van der Waals surface area (Å²) >= 11 is 0. The maximum atomic E-state index is 11.5. The van der Waals surface area contributed by atoms with Crippen molar-refractivity contribution < 1.29 is 8.42 Å². The first kappa shape index (κ1) is 15.1. The summed E-state index contributed by atoms with van der Waals surface area (Å²) in [5, 5.41) is 5.20. The molecule has 6 nitrogen and oxygen atoms in total. The minimum absolute atomic E-state index is 0.00183. The Morgan fingerprint density at radius 2 is 2.05 bits per heavy atom. The lowest BCUT2D eigenvalue weighted by atomic mass is 10.0. The Kier molecular flexibility index (Phi) is 4.22. The molecule has 1 aliphatic heterocycles. The van der Waals surface area contributed by atoms with E-state index in [4.69, 9.17) is 10.9 Å². The Balaban J connectivity index is 2.34. The van der Waals surface area contributed by atoms with Gasteiger partial charge in [0.25, 0.3) is 0 Å². The van der Waals surface area contributed by atoms with Crippen LogP contribution in [0.15, 0.2) is 23.1 Å². The van der Waals surface area contributed by atoms with Gasteiger partial charge in [-0.3, -0.25) is 0 Å². The highest BCUT2D eigenvalue weighted by molar-refractivity contribution is 7.89. The van der Waals surface area contributed by atoms with Crippen LogP contribution < -0.4 is 15.8 Å². The number of hydrogen-bond donors (Lipinski definition) is 2. The molecule has 0 aromatic heterocycles. The predicted octanol–water partition coefficient (Wildman–Crippen LogP) is 0.447. The van der Waals surface area contributed by atoms with Crippen LogP contribution in [0.3, 0.4) is 0 Å². The lowest BCUT2D eigenvalue weighted by Gasteiger charge is -2.38. The molecule has 20 heavy (non-hydrogen) atoms. The molecule has 1 aliphatic rings. The fourth-order valence-corrected chi connectivity index (χ4v) is 3.33. The summed E-state index contributed by atoms with van der Waals surface area (Å²) in [4.78, 5) is 4.33. The summed E-state index contributed by atoms with van der Waals surface area (Å²) in [6.45, 7) is 1.72. The second-order valence-electron chi connectivity index (χ2n) is 5.44. The van der Waals surface area contributed by atoms with Gasteiger partial charge in [0.2, 0.25) is 10.0 Å². The number of primary sulfonamides is 1. The van der Waals surface area contributed by atoms with Gasteiger partial charge in [-0.1, -0.05) is 6.07 Å². The topological polar surface area (TPSA) is 92.7 Å². The first-order valence-electron chi connectivity index (χ1n) is 6.63. The number of piperidine rings is 1. The number of para-hydroxylation sites is 1. The molecular formula is C13H22N4O2S. The molecule has 0 radical (unpaired) electrons. The number of nitrogens with zero attached hydrogens (tertiary/aromatic N) is 2. The molecule has 1 atom stereocenters. The zero-order valence-electron chi connectivity index (χ0n) is 11.9. The molecule has 0 amide bonds. The van der Waals surface area contributed by atoms with Gasteiger partial charge in [0.05, 0.1) is 11.4 Å². The van der Waals surface area contributed by atoms with E-state index in [0.29, 0.717) is 6.04 Å². The third-order valence-corrected chi connectivity index (χ3v) is 4.79. The molecule has 0 aliphatic carbocycles. The van der Waals surface area contributed by atoms with Crippen molar-refractivity contribution in [2.45, 2.75) is 23.8 Å². The molecular weight excluding hydrogens is 276 g/mol. The summed E-state index contributed by atoms with van der Waals surface area (Å²) in [6, 6.07) is 5.43. The number of benzene rings is 1. The van der Waals surface area contributed by atoms with Crippen LogP contribution in [0.25, 0.3) is 0 Å². The van der Waals surface area contributed by atoms with E-state index < -0.39 is 10.0 Å². The summed E-state index contributed by atoms with van der Waals surface area (Å²) in [5.41, 5.74) is 7.01. The van der Waals surface area contributed by atoms with Crippen LogP contribution in [0.4, 0.5) is 11.4 Å². The molecule has 112 valence electrons. The van der Waals surface area contributed by atoms with Gasteiger partial charge in [0.15, 0.2) is 0 Å². The standard InChI is InChI=1S/C13H22N4O2S/c1-16(2)10-5-4-8-17(9-10)11-6-3-7-12(13(11)14)20(15,18)19/h3,6-7,10H,4-5,8-9,14H2,1-2H3,(H2,15,18,19). The van der Waals surface area contributed by atoms with E-state index in [1.54, 1.807) is 6.07 Å². The maximum Gasteiger partial charge on any atom is 0.240 e. The fraction of sp³-hybridized carbons (Fsp3) is 0.538. The number of nitrogen functional groups attached to an aromatic ring is 1. The van der Waals surface area contributed by atoms with Gasteiger partial charge in [0, 0.05) is 19.1 Å². The van der Waals surface area contributed by atoms with Crippen molar-refractivity contribution >= 4 is 21.4 Å². The molecule has 1 fully saturated rings. The summed E-state index contributed by atoms with van der Waals surface area (Å²) < 4.78 is 23.1. The third kappa shape index (κ3) is 3.05. The van der Waals surface area contributed by atoms with Crippen molar-refractivity contribution in [3.05, 3.63) is 18.2 Å². The highest BCUT2D eigenvalue weighted by Gasteiger charge is 2.24. The second kappa shape index (κ2) is 5.59. The molecule has 1 heterocycles. The molecule has 1 aromatic carbocycles. The lowest BCUT2D eigenvalue weighted by molar-refractivity contribution is 0.258. The van der Waals surface area contributed by atoms with Crippen molar-refractivity contribution in [1.82, 2.24) is 4.90 Å². The predicted molar refractivity (Wildman–Crippen MR) is 81.1 cm³/mol. The van der Waals surface area contributed by atoms with Gasteiger partial charge in [-0.05, 0) is 39.1 Å². The Bertz CT molecular complexity index is 586. The molecule has 7 heteroatoms. The first-order chi connectivity index (χ1) is 9.30. The van der Waals surface area contributed by atoms with E-state index in [0.717, 1.165) is 31.6 Å². The van der Waals surface area contributed by atoms with Crippen molar-refractivity contribution in [2.24, 2.45) is 5.14 Å². The molecule has 1 unspecified atom stereocenters. The van der Waals surface area contributed by atoms with Crippen LogP contribution in [0.5, 0.6) is 0 Å². The maximum absolute atomic E-state index is 11.5. The summed E-state index contributed by atoms with van der Waals surface area (Å²) in [6.07, 6.45) is 2.19. The van der Waals surface area contributed by atoms with Gasteiger partial charge in [-0.25, -0.2) is 13.6 Å². The van der Waals surface area contributed by atoms with E-state index in [-0.39, 0.29) is 10.6 Å². The van der Waals surface area contributed by atoms with Crippen LogP contribution in [-0.2, 0) is 10.0 Å². The normalized spacial score (nSPS) is 20.4. The zero-order valence-corrected chi connectivity index (χ0v) is 12.7. The van der Waals surface area contributed by atoms with Crippen molar-refractivity contribution in [3.8, 4) is 0 Å². The second-order valence-corrected chi connectivity index (χ2v) is 6.97. The van der Waals surface area contributed by atoms with E-state index >= 15 is 0 Å². The molecule has 2 rings (SSSR count). The SMILES string of the molecule is CN(C)C1CCCN(c2cccc(S(N)(=O)=O)c2N)C1. The molecule has 1 saturated heterocycles. The van der Waals surface area contributed by atoms with E-state index in [9.17, 15) is 8.42 Å². The zero-order chi connectivity index (χ0) is 14.9. The van der Waals surface area contributed by atoms with E-state index in [1.165, 1.54) is 6.07 Å². The van der Waals surface area contributed by atoms with E-state index in [1.807, 2.05) is 6.07 Å². The van der Waals surface area contributed by atoms with Crippen molar-refractivity contribution in [2.75, 3.05) is 37.8 Å². The number of anilines is 2. The van der Waals surface area contributed by atoms with Crippen molar-refractivity contribution in [1.29, 1.82) is 0 Å². The van der Waals surface area contributed by atoms with Crippen LogP contribution >= 0.6 is 0 Å². The van der Waals surface area contributed by atoms with Gasteiger partial charge in [0.1, 0.15) is 4.90 Å². The molecule has 0 spiro atoms. The number of sulfonamides is 1. The first-order valence-corrected chi connectivity index (χ1v) is 8.18. The minimum Gasteiger partial charge on any atom is -0.396 e.